The van der Waals surface area contributed by atoms with Crippen molar-refractivity contribution in [1.82, 2.24) is 4.90 Å². The number of carbonyl (C=O) groups is 1. The molecule has 5 nitrogen and oxygen atoms in total. The van der Waals surface area contributed by atoms with E-state index in [1.54, 1.807) is 0 Å². The molecule has 21 heavy (non-hydrogen) atoms. The van der Waals surface area contributed by atoms with E-state index in [4.69, 9.17) is 10.9 Å². The van der Waals surface area contributed by atoms with E-state index in [2.05, 4.69) is 12.1 Å². The van der Waals surface area contributed by atoms with Gasteiger partial charge in [-0.15, -0.1) is 0 Å². The Kier molecular flexibility index (Phi) is 8.87. The Labute approximate surface area is 128 Å². The molecular weight excluding hydrogens is 266 g/mol. The van der Waals surface area contributed by atoms with E-state index >= 15 is 0 Å². The number of oxime groups is 1. The standard InChI is InChI=1S/C16H31N3O2/c1-2-3-4-5-6-7-12-16(20)19(13-15(17)18-21)14-10-8-9-11-14/h14,21H,2-13H2,1H3,(H2,17,18). The second-order valence-corrected chi connectivity index (χ2v) is 6.07. The molecule has 0 atom stereocenters. The molecule has 0 bridgehead atoms. The molecule has 0 unspecified atom stereocenters. The summed E-state index contributed by atoms with van der Waals surface area (Å²) in [6.07, 6.45) is 12.1. The van der Waals surface area contributed by atoms with Gasteiger partial charge in [0.2, 0.25) is 5.91 Å². The molecule has 0 aromatic heterocycles. The van der Waals surface area contributed by atoms with Crippen LogP contribution < -0.4 is 5.73 Å². The van der Waals surface area contributed by atoms with Gasteiger partial charge in [-0.2, -0.15) is 0 Å². The summed E-state index contributed by atoms with van der Waals surface area (Å²) in [5, 5.41) is 11.7. The van der Waals surface area contributed by atoms with Crippen molar-refractivity contribution in [2.75, 3.05) is 6.54 Å². The van der Waals surface area contributed by atoms with Crippen LogP contribution in [0.2, 0.25) is 0 Å². The van der Waals surface area contributed by atoms with Gasteiger partial charge in [-0.1, -0.05) is 57.0 Å². The number of amides is 1. The summed E-state index contributed by atoms with van der Waals surface area (Å²) in [6.45, 7) is 2.46. The van der Waals surface area contributed by atoms with Gasteiger partial charge in [-0.05, 0) is 19.3 Å². The Bertz CT molecular complexity index is 325. The van der Waals surface area contributed by atoms with Crippen molar-refractivity contribution >= 4 is 11.7 Å². The zero-order chi connectivity index (χ0) is 15.5. The minimum Gasteiger partial charge on any atom is -0.409 e. The maximum absolute atomic E-state index is 12.4. The zero-order valence-corrected chi connectivity index (χ0v) is 13.4. The van der Waals surface area contributed by atoms with E-state index in [0.717, 1.165) is 25.7 Å². The van der Waals surface area contributed by atoms with Crippen LogP contribution in [0.4, 0.5) is 0 Å². The molecule has 122 valence electrons. The van der Waals surface area contributed by atoms with Crippen LogP contribution in [0.5, 0.6) is 0 Å². The van der Waals surface area contributed by atoms with Gasteiger partial charge in [0.15, 0.2) is 5.84 Å². The van der Waals surface area contributed by atoms with Gasteiger partial charge >= 0.3 is 0 Å². The molecule has 1 aliphatic carbocycles. The zero-order valence-electron chi connectivity index (χ0n) is 13.4. The highest BCUT2D eigenvalue weighted by molar-refractivity contribution is 5.87. The first kappa shape index (κ1) is 17.8. The van der Waals surface area contributed by atoms with Crippen LogP contribution in [-0.2, 0) is 4.79 Å². The van der Waals surface area contributed by atoms with Crippen LogP contribution in [0.25, 0.3) is 0 Å². The molecule has 0 aliphatic heterocycles. The monoisotopic (exact) mass is 297 g/mol. The summed E-state index contributed by atoms with van der Waals surface area (Å²) in [4.78, 5) is 14.2. The topological polar surface area (TPSA) is 78.9 Å². The molecule has 0 saturated heterocycles. The summed E-state index contributed by atoms with van der Waals surface area (Å²) in [5.41, 5.74) is 5.60. The molecule has 1 saturated carbocycles. The largest absolute Gasteiger partial charge is 0.409 e. The third kappa shape index (κ3) is 6.82. The van der Waals surface area contributed by atoms with Crippen molar-refractivity contribution in [1.29, 1.82) is 0 Å². The lowest BCUT2D eigenvalue weighted by atomic mass is 10.1. The Morgan fingerprint density at radius 3 is 2.43 bits per heavy atom. The number of rotatable bonds is 10. The second kappa shape index (κ2) is 10.5. The predicted octanol–water partition coefficient (Wildman–Crippen LogP) is 3.25. The first-order chi connectivity index (χ1) is 10.2. The van der Waals surface area contributed by atoms with Crippen molar-refractivity contribution in [2.45, 2.75) is 83.6 Å². The smallest absolute Gasteiger partial charge is 0.223 e. The number of nitrogens with zero attached hydrogens (tertiary/aromatic N) is 2. The van der Waals surface area contributed by atoms with Gasteiger partial charge in [0, 0.05) is 12.5 Å². The molecule has 1 fully saturated rings. The van der Waals surface area contributed by atoms with Crippen molar-refractivity contribution in [3.05, 3.63) is 0 Å². The van der Waals surface area contributed by atoms with Crippen LogP contribution in [0, 0.1) is 0 Å². The van der Waals surface area contributed by atoms with Gasteiger partial charge < -0.3 is 15.8 Å². The van der Waals surface area contributed by atoms with Gasteiger partial charge in [0.1, 0.15) is 0 Å². The van der Waals surface area contributed by atoms with E-state index < -0.39 is 0 Å². The third-order valence-corrected chi connectivity index (χ3v) is 4.29. The molecule has 5 heteroatoms. The Morgan fingerprint density at radius 2 is 1.81 bits per heavy atom. The molecule has 0 aromatic carbocycles. The van der Waals surface area contributed by atoms with Crippen molar-refractivity contribution in [3.63, 3.8) is 0 Å². The highest BCUT2D eigenvalue weighted by Crippen LogP contribution is 2.24. The van der Waals surface area contributed by atoms with Gasteiger partial charge in [0.25, 0.3) is 0 Å². The predicted molar refractivity (Wildman–Crippen MR) is 85.4 cm³/mol. The molecule has 1 rings (SSSR count). The van der Waals surface area contributed by atoms with Crippen LogP contribution in [0.15, 0.2) is 5.16 Å². The molecule has 0 heterocycles. The molecule has 1 aliphatic rings. The number of hydrogen-bond acceptors (Lipinski definition) is 3. The summed E-state index contributed by atoms with van der Waals surface area (Å²) in [6, 6.07) is 0.276. The van der Waals surface area contributed by atoms with Crippen LogP contribution in [-0.4, -0.2) is 34.4 Å². The number of nitrogens with two attached hydrogens (primary N) is 1. The summed E-state index contributed by atoms with van der Waals surface area (Å²) in [5.74, 6) is 0.280. The van der Waals surface area contributed by atoms with Crippen LogP contribution in [0.1, 0.15) is 77.6 Å². The fourth-order valence-electron chi connectivity index (χ4n) is 3.04. The van der Waals surface area contributed by atoms with Crippen molar-refractivity contribution in [3.8, 4) is 0 Å². The van der Waals surface area contributed by atoms with Gasteiger partial charge in [0.05, 0.1) is 6.54 Å². The van der Waals surface area contributed by atoms with E-state index in [0.29, 0.717) is 6.42 Å². The molecule has 0 spiro atoms. The minimum atomic E-state index is 0.123. The average Bonchev–Trinajstić information content (AvgIpc) is 3.01. The van der Waals surface area contributed by atoms with Gasteiger partial charge in [-0.3, -0.25) is 4.79 Å². The van der Waals surface area contributed by atoms with Crippen molar-refractivity contribution < 1.29 is 10.0 Å². The average molecular weight is 297 g/mol. The molecule has 3 N–H and O–H groups in total. The molecule has 0 radical (unpaired) electrons. The molecular formula is C16H31N3O2. The van der Waals surface area contributed by atoms with Crippen LogP contribution >= 0.6 is 0 Å². The fraction of sp³-hybridized carbons (Fsp3) is 0.875. The van der Waals surface area contributed by atoms with Gasteiger partial charge in [-0.25, -0.2) is 0 Å². The maximum atomic E-state index is 12.4. The first-order valence-corrected chi connectivity index (χ1v) is 8.45. The maximum Gasteiger partial charge on any atom is 0.223 e. The number of unbranched alkanes of at least 4 members (excludes halogenated alkanes) is 5. The summed E-state index contributed by atoms with van der Waals surface area (Å²) >= 11 is 0. The second-order valence-electron chi connectivity index (χ2n) is 6.07. The number of amidine groups is 1. The van der Waals surface area contributed by atoms with E-state index in [9.17, 15) is 4.79 Å². The Morgan fingerprint density at radius 1 is 1.19 bits per heavy atom. The lowest BCUT2D eigenvalue weighted by molar-refractivity contribution is -0.132. The van der Waals surface area contributed by atoms with E-state index in [1.165, 1.54) is 38.5 Å². The fourth-order valence-corrected chi connectivity index (χ4v) is 3.04. The quantitative estimate of drug-likeness (QED) is 0.213. The molecule has 1 amide bonds. The number of hydrogen-bond donors (Lipinski definition) is 2. The third-order valence-electron chi connectivity index (χ3n) is 4.29. The SMILES string of the molecule is CCCCCCCCC(=O)N(CC(N)=NO)C1CCCC1. The minimum absolute atomic E-state index is 0.123. The summed E-state index contributed by atoms with van der Waals surface area (Å²) < 4.78 is 0. The van der Waals surface area contributed by atoms with Crippen molar-refractivity contribution in [2.24, 2.45) is 10.9 Å². The lowest BCUT2D eigenvalue weighted by Gasteiger charge is -2.28. The first-order valence-electron chi connectivity index (χ1n) is 8.45. The highest BCUT2D eigenvalue weighted by atomic mass is 16.4. The molecule has 0 aromatic rings. The number of carbonyl (C=O) groups excluding carboxylic acids is 1. The summed E-state index contributed by atoms with van der Waals surface area (Å²) in [7, 11) is 0. The normalized spacial score (nSPS) is 16.3. The van der Waals surface area contributed by atoms with E-state index in [1.807, 2.05) is 4.90 Å². The van der Waals surface area contributed by atoms with Crippen LogP contribution in [0.3, 0.4) is 0 Å². The van der Waals surface area contributed by atoms with E-state index in [-0.39, 0.29) is 24.3 Å². The highest BCUT2D eigenvalue weighted by Gasteiger charge is 2.26. The Hall–Kier alpha value is -1.26. The Balaban J connectivity index is 2.36. The lowest BCUT2D eigenvalue weighted by Crippen LogP contribution is -2.44.